The van der Waals surface area contributed by atoms with E-state index in [2.05, 4.69) is 0 Å². The van der Waals surface area contributed by atoms with Crippen molar-refractivity contribution in [3.63, 3.8) is 0 Å². The van der Waals surface area contributed by atoms with E-state index in [0.29, 0.717) is 45.3 Å². The summed E-state index contributed by atoms with van der Waals surface area (Å²) in [5.41, 5.74) is 2.01. The van der Waals surface area contributed by atoms with Crippen LogP contribution in [0.2, 0.25) is 0 Å². The van der Waals surface area contributed by atoms with Crippen molar-refractivity contribution in [2.75, 3.05) is 13.6 Å². The minimum absolute atomic E-state index is 0.0683. The van der Waals surface area contributed by atoms with E-state index in [-0.39, 0.29) is 60.8 Å². The highest BCUT2D eigenvalue weighted by molar-refractivity contribution is 5.86. The van der Waals surface area contributed by atoms with Gasteiger partial charge in [0.1, 0.15) is 46.0 Å². The van der Waals surface area contributed by atoms with Crippen LogP contribution < -0.4 is 18.9 Å². The summed E-state index contributed by atoms with van der Waals surface area (Å²) in [6.07, 6.45) is 14.0. The Kier molecular flexibility index (Phi) is 11.6. The molecule has 3 aliphatic rings. The van der Waals surface area contributed by atoms with Crippen LogP contribution in [0.15, 0.2) is 92.8 Å². The lowest BCUT2D eigenvalue weighted by Crippen LogP contribution is -2.27. The lowest BCUT2D eigenvalue weighted by molar-refractivity contribution is 0.119. The van der Waals surface area contributed by atoms with Gasteiger partial charge in [-0.05, 0) is 98.5 Å². The molecule has 2 aliphatic carbocycles. The van der Waals surface area contributed by atoms with E-state index < -0.39 is 0 Å². The largest absolute Gasteiger partial charge is 0.507 e. The molecule has 54 heavy (non-hydrogen) atoms. The van der Waals surface area contributed by atoms with Crippen LogP contribution in [-0.2, 0) is 0 Å². The van der Waals surface area contributed by atoms with E-state index in [0.717, 1.165) is 51.4 Å². The molecule has 0 amide bonds. The second-order valence-electron chi connectivity index (χ2n) is 13.6. The monoisotopic (exact) mass is 732 g/mol. The molecule has 4 atom stereocenters. The number of nitrogens with zero attached hydrogens (tertiary/aromatic N) is 4. The van der Waals surface area contributed by atoms with Gasteiger partial charge in [-0.1, -0.05) is 25.7 Å². The van der Waals surface area contributed by atoms with E-state index >= 15 is 0 Å². The fraction of sp³-hybridized carbons (Fsp3) is 0.333. The van der Waals surface area contributed by atoms with E-state index in [1.54, 1.807) is 97.7 Å². The molecule has 0 saturated heterocycles. The second kappa shape index (κ2) is 17.2. The van der Waals surface area contributed by atoms with Crippen molar-refractivity contribution < 1.29 is 39.4 Å². The fourth-order valence-corrected chi connectivity index (χ4v) is 6.82. The Labute approximate surface area is 313 Å². The number of rotatable bonds is 0. The molecule has 4 aromatic rings. The van der Waals surface area contributed by atoms with E-state index in [4.69, 9.17) is 38.9 Å². The van der Waals surface area contributed by atoms with Gasteiger partial charge in [0.2, 0.25) is 13.6 Å². The van der Waals surface area contributed by atoms with Crippen molar-refractivity contribution in [1.82, 2.24) is 0 Å². The van der Waals surface area contributed by atoms with E-state index in [1.165, 1.54) is 0 Å². The number of phenols is 4. The first-order valence-corrected chi connectivity index (χ1v) is 18.3. The predicted molar refractivity (Wildman–Crippen MR) is 207 cm³/mol. The van der Waals surface area contributed by atoms with Gasteiger partial charge < -0.3 is 39.4 Å². The van der Waals surface area contributed by atoms with Crippen LogP contribution in [0.1, 0.15) is 73.6 Å². The van der Waals surface area contributed by atoms with Crippen molar-refractivity contribution in [3.8, 4) is 46.0 Å². The molecule has 1 aliphatic heterocycles. The Morgan fingerprint density at radius 2 is 0.611 bits per heavy atom. The van der Waals surface area contributed by atoms with Gasteiger partial charge in [-0.25, -0.2) is 0 Å². The quantitative estimate of drug-likeness (QED) is 0.146. The Hall–Kier alpha value is -6.04. The minimum Gasteiger partial charge on any atom is -0.507 e. The van der Waals surface area contributed by atoms with Crippen LogP contribution in [0.3, 0.4) is 0 Å². The summed E-state index contributed by atoms with van der Waals surface area (Å²) < 4.78 is 23.5. The fourth-order valence-electron chi connectivity index (χ4n) is 6.82. The maximum absolute atomic E-state index is 10.6. The summed E-state index contributed by atoms with van der Waals surface area (Å²) in [6.45, 7) is -0.223. The normalized spacial score (nSPS) is 21.9. The zero-order chi connectivity index (χ0) is 37.3. The van der Waals surface area contributed by atoms with Crippen molar-refractivity contribution in [2.24, 2.45) is 20.0 Å². The first kappa shape index (κ1) is 36.3. The van der Waals surface area contributed by atoms with Crippen LogP contribution in [0.5, 0.6) is 46.0 Å². The third-order valence-electron chi connectivity index (χ3n) is 9.91. The number of phenolic OH excluding ortho intramolecular Hbond substituents is 4. The van der Waals surface area contributed by atoms with Crippen LogP contribution >= 0.6 is 0 Å². The molecule has 4 aromatic carbocycles. The molecular formula is C42H44N4O8. The van der Waals surface area contributed by atoms with E-state index in [9.17, 15) is 20.4 Å². The Morgan fingerprint density at radius 3 is 0.852 bits per heavy atom. The molecule has 0 radical (unpaired) electrons. The van der Waals surface area contributed by atoms with E-state index in [1.807, 2.05) is 0 Å². The molecular weight excluding hydrogens is 688 g/mol. The number of benzene rings is 4. The maximum Gasteiger partial charge on any atom is 0.230 e. The second-order valence-corrected chi connectivity index (χ2v) is 13.6. The summed E-state index contributed by atoms with van der Waals surface area (Å²) in [5, 5.41) is 42.4. The molecule has 4 N–H and O–H groups in total. The number of hydrogen-bond donors (Lipinski definition) is 4. The van der Waals surface area contributed by atoms with Gasteiger partial charge in [0, 0.05) is 47.1 Å². The first-order chi connectivity index (χ1) is 26.4. The van der Waals surface area contributed by atoms with Crippen molar-refractivity contribution in [2.45, 2.75) is 75.5 Å². The van der Waals surface area contributed by atoms with Crippen LogP contribution in [0, 0.1) is 0 Å². The average molecular weight is 733 g/mol. The van der Waals surface area contributed by atoms with Gasteiger partial charge in [-0.15, -0.1) is 0 Å². The number of ether oxygens (including phenoxy) is 4. The standard InChI is InChI=1S/C42H44N4O8/c47-39-13-9-31-17-27(39)21-43-35-5-1-2-6-36(35)44-22-28-18-32(10-14-40(28)48)52-26-54-34-12-16-42(50)30(20-34)24-46-38-8-4-3-7-37(38)45-23-29-19-33(53-25-51-31)11-15-41(29)49/h9-24,35-38,47-50H,1-8,25-26H2/t35-,36-,37-,38-/m0/s1. The van der Waals surface area contributed by atoms with Gasteiger partial charge in [0.15, 0.2) is 0 Å². The Morgan fingerprint density at radius 1 is 0.370 bits per heavy atom. The predicted octanol–water partition coefficient (Wildman–Crippen LogP) is 7.35. The minimum atomic E-state index is -0.117. The Balaban J connectivity index is 1.16. The van der Waals surface area contributed by atoms with Crippen LogP contribution in [0.25, 0.3) is 0 Å². The van der Waals surface area contributed by atoms with Gasteiger partial charge >= 0.3 is 0 Å². The summed E-state index contributed by atoms with van der Waals surface area (Å²) >= 11 is 0. The lowest BCUT2D eigenvalue weighted by Gasteiger charge is -2.25. The third kappa shape index (κ3) is 9.30. The molecule has 1 heterocycles. The molecule has 12 nitrogen and oxygen atoms in total. The van der Waals surface area contributed by atoms with Crippen LogP contribution in [0.4, 0.5) is 0 Å². The molecule has 0 unspecified atom stereocenters. The number of aromatic hydroxyl groups is 4. The van der Waals surface area contributed by atoms with Gasteiger partial charge in [0.05, 0.1) is 24.2 Å². The molecule has 2 fully saturated rings. The summed E-state index contributed by atoms with van der Waals surface area (Å²) in [7, 11) is 0. The average Bonchev–Trinajstić information content (AvgIpc) is 3.18. The highest BCUT2D eigenvalue weighted by Gasteiger charge is 2.25. The molecule has 280 valence electrons. The maximum atomic E-state index is 10.6. The molecule has 2 saturated carbocycles. The topological polar surface area (TPSA) is 167 Å². The smallest absolute Gasteiger partial charge is 0.230 e. The Bertz CT molecular complexity index is 1760. The summed E-state index contributed by atoms with van der Waals surface area (Å²) in [6, 6.07) is 19.1. The van der Waals surface area contributed by atoms with Crippen LogP contribution in [-0.4, -0.2) is 83.0 Å². The van der Waals surface area contributed by atoms with Crippen molar-refractivity contribution in [1.29, 1.82) is 0 Å². The summed E-state index contributed by atoms with van der Waals surface area (Å²) in [5.74, 6) is 2.22. The highest BCUT2D eigenvalue weighted by atomic mass is 16.7. The zero-order valence-electron chi connectivity index (χ0n) is 29.8. The third-order valence-corrected chi connectivity index (χ3v) is 9.91. The molecule has 12 heteroatoms. The number of fused-ring (bicyclic) bond motifs is 10. The van der Waals surface area contributed by atoms with Crippen molar-refractivity contribution >= 4 is 24.9 Å². The molecule has 0 aromatic heterocycles. The zero-order valence-corrected chi connectivity index (χ0v) is 29.8. The SMILES string of the molecule is Oc1ccc2cc1C=N[C@H]1CCCC[C@@H]1N=Cc1cc(ccc1O)OCOc1ccc(O)c(c1)C=N[C@H]1CCCC[C@@H]1N=Cc1cc(ccc1O)OCO2. The van der Waals surface area contributed by atoms with Crippen molar-refractivity contribution in [3.05, 3.63) is 95.1 Å². The van der Waals surface area contributed by atoms with Gasteiger partial charge in [-0.2, -0.15) is 0 Å². The molecule has 7 rings (SSSR count). The van der Waals surface area contributed by atoms with Gasteiger partial charge in [0.25, 0.3) is 0 Å². The molecule has 0 spiro atoms. The number of aliphatic imine (C=N–C) groups is 4. The number of hydrogen-bond acceptors (Lipinski definition) is 12. The lowest BCUT2D eigenvalue weighted by atomic mass is 9.91. The first-order valence-electron chi connectivity index (χ1n) is 18.3. The van der Waals surface area contributed by atoms with Gasteiger partial charge in [-0.3, -0.25) is 20.0 Å². The summed E-state index contributed by atoms with van der Waals surface area (Å²) in [4.78, 5) is 19.3. The molecule has 8 bridgehead atoms. The highest BCUT2D eigenvalue weighted by Crippen LogP contribution is 2.30.